The van der Waals surface area contributed by atoms with Crippen molar-refractivity contribution in [2.45, 2.75) is 0 Å². The van der Waals surface area contributed by atoms with E-state index in [1.165, 1.54) is 60.4 Å². The number of hydrogen-bond donors (Lipinski definition) is 0. The fraction of sp³-hybridized carbons (Fsp3) is 0. The maximum absolute atomic E-state index is 6.48. The van der Waals surface area contributed by atoms with Crippen molar-refractivity contribution in [2.75, 3.05) is 0 Å². The Bertz CT molecular complexity index is 2740. The summed E-state index contributed by atoms with van der Waals surface area (Å²) in [7, 11) is 0. The molecule has 0 N–H and O–H groups in total. The number of rotatable bonds is 3. The summed E-state index contributed by atoms with van der Waals surface area (Å²) in [5, 5.41) is 7.17. The van der Waals surface area contributed by atoms with Crippen molar-refractivity contribution in [1.29, 1.82) is 0 Å². The van der Waals surface area contributed by atoms with E-state index in [1.54, 1.807) is 0 Å². The molecule has 3 aromatic heterocycles. The monoisotopic (exact) mass is 574 g/mol. The van der Waals surface area contributed by atoms with Crippen LogP contribution in [0, 0.1) is 0 Å². The van der Waals surface area contributed by atoms with Crippen molar-refractivity contribution >= 4 is 65.6 Å². The molecule has 210 valence electrons. The first-order valence-electron chi connectivity index (χ1n) is 15.4. The lowest BCUT2D eigenvalue weighted by molar-refractivity contribution is 0.669. The van der Waals surface area contributed by atoms with Crippen LogP contribution in [0.1, 0.15) is 0 Å². The van der Waals surface area contributed by atoms with E-state index in [1.807, 2.05) is 0 Å². The fourth-order valence-corrected chi connectivity index (χ4v) is 7.28. The SMILES string of the molecule is c1ccc(-n2c3ccccc3c3cc(-c4ccc5oc6cc7c8ccccc8n(-c8ccccc8)c7cc6c5c4)ccc32)cc1. The van der Waals surface area contributed by atoms with Crippen molar-refractivity contribution in [2.24, 2.45) is 0 Å². The van der Waals surface area contributed by atoms with Gasteiger partial charge in [-0.3, -0.25) is 0 Å². The number of fused-ring (bicyclic) bond motifs is 9. The second-order valence-electron chi connectivity index (χ2n) is 11.8. The standard InChI is InChI=1S/C42H26N2O/c1-3-11-29(12-4-1)43-37-17-9-7-15-31(37)33-23-27(19-21-39(33)43)28-20-22-41-35(24-28)36-25-40-34(26-42(36)45-41)32-16-8-10-18-38(32)44(40)30-13-5-2-6-14-30/h1-26H. The van der Waals surface area contributed by atoms with Crippen LogP contribution in [0.25, 0.3) is 88.1 Å². The molecule has 10 rings (SSSR count). The lowest BCUT2D eigenvalue weighted by Gasteiger charge is -2.08. The molecule has 3 heteroatoms. The normalized spacial score (nSPS) is 12.0. The Kier molecular flexibility index (Phi) is 5.00. The van der Waals surface area contributed by atoms with Gasteiger partial charge in [-0.05, 0) is 83.9 Å². The van der Waals surface area contributed by atoms with Gasteiger partial charge in [-0.2, -0.15) is 0 Å². The summed E-state index contributed by atoms with van der Waals surface area (Å²) in [6.45, 7) is 0. The van der Waals surface area contributed by atoms with Crippen LogP contribution in [0.5, 0.6) is 0 Å². The molecular weight excluding hydrogens is 548 g/mol. The minimum Gasteiger partial charge on any atom is -0.456 e. The van der Waals surface area contributed by atoms with E-state index in [0.29, 0.717) is 0 Å². The molecule has 45 heavy (non-hydrogen) atoms. The lowest BCUT2D eigenvalue weighted by atomic mass is 10.0. The second-order valence-corrected chi connectivity index (χ2v) is 11.8. The van der Waals surface area contributed by atoms with Crippen LogP contribution >= 0.6 is 0 Å². The Labute approximate surface area is 258 Å². The van der Waals surface area contributed by atoms with Crippen molar-refractivity contribution in [3.05, 3.63) is 158 Å². The molecule has 3 heterocycles. The molecular formula is C42H26N2O. The molecule has 10 aromatic rings. The molecule has 0 saturated heterocycles. The van der Waals surface area contributed by atoms with Crippen LogP contribution in [-0.2, 0) is 0 Å². The average Bonchev–Trinajstić information content (AvgIpc) is 3.74. The van der Waals surface area contributed by atoms with Gasteiger partial charge in [-0.15, -0.1) is 0 Å². The van der Waals surface area contributed by atoms with Gasteiger partial charge >= 0.3 is 0 Å². The summed E-state index contributed by atoms with van der Waals surface area (Å²) >= 11 is 0. The maximum atomic E-state index is 6.48. The zero-order chi connectivity index (χ0) is 29.5. The quantitative estimate of drug-likeness (QED) is 0.206. The van der Waals surface area contributed by atoms with Crippen molar-refractivity contribution in [3.8, 4) is 22.5 Å². The first kappa shape index (κ1) is 24.4. The Balaban J connectivity index is 1.20. The molecule has 0 unspecified atom stereocenters. The number of hydrogen-bond acceptors (Lipinski definition) is 1. The molecule has 0 spiro atoms. The highest BCUT2D eigenvalue weighted by molar-refractivity contribution is 6.17. The van der Waals surface area contributed by atoms with Gasteiger partial charge in [0.15, 0.2) is 0 Å². The van der Waals surface area contributed by atoms with Crippen molar-refractivity contribution in [1.82, 2.24) is 9.13 Å². The molecule has 0 fully saturated rings. The Morgan fingerprint density at radius 3 is 1.47 bits per heavy atom. The summed E-state index contributed by atoms with van der Waals surface area (Å²) in [5.74, 6) is 0. The summed E-state index contributed by atoms with van der Waals surface area (Å²) in [6, 6.07) is 56.5. The first-order valence-corrected chi connectivity index (χ1v) is 15.4. The minimum absolute atomic E-state index is 0.902. The largest absolute Gasteiger partial charge is 0.456 e. The van der Waals surface area contributed by atoms with Gasteiger partial charge in [-0.1, -0.05) is 84.9 Å². The van der Waals surface area contributed by atoms with Crippen LogP contribution in [-0.4, -0.2) is 9.13 Å². The maximum Gasteiger partial charge on any atom is 0.136 e. The summed E-state index contributed by atoms with van der Waals surface area (Å²) in [5.41, 5.74) is 11.3. The van der Waals surface area contributed by atoms with Crippen LogP contribution in [0.4, 0.5) is 0 Å². The predicted octanol–water partition coefficient (Wildman–Crippen LogP) is 11.4. The molecule has 0 aliphatic carbocycles. The molecule has 0 radical (unpaired) electrons. The van der Waals surface area contributed by atoms with Crippen LogP contribution in [0.2, 0.25) is 0 Å². The van der Waals surface area contributed by atoms with E-state index in [2.05, 4.69) is 167 Å². The number of benzene rings is 7. The van der Waals surface area contributed by atoms with Gasteiger partial charge in [0.05, 0.1) is 22.1 Å². The fourth-order valence-electron chi connectivity index (χ4n) is 7.28. The molecule has 0 aliphatic rings. The van der Waals surface area contributed by atoms with E-state index < -0.39 is 0 Å². The van der Waals surface area contributed by atoms with Crippen LogP contribution in [0.15, 0.2) is 162 Å². The smallest absolute Gasteiger partial charge is 0.136 e. The van der Waals surface area contributed by atoms with Gasteiger partial charge in [-0.25, -0.2) is 0 Å². The van der Waals surface area contributed by atoms with E-state index in [9.17, 15) is 0 Å². The van der Waals surface area contributed by atoms with Crippen molar-refractivity contribution in [3.63, 3.8) is 0 Å². The highest BCUT2D eigenvalue weighted by Crippen LogP contribution is 2.40. The Morgan fingerprint density at radius 1 is 0.311 bits per heavy atom. The molecule has 0 bridgehead atoms. The van der Waals surface area contributed by atoms with Gasteiger partial charge in [0.1, 0.15) is 11.2 Å². The van der Waals surface area contributed by atoms with Crippen molar-refractivity contribution < 1.29 is 4.42 Å². The number of nitrogens with zero attached hydrogens (tertiary/aromatic N) is 2. The molecule has 0 saturated carbocycles. The van der Waals surface area contributed by atoms with E-state index >= 15 is 0 Å². The van der Waals surface area contributed by atoms with Gasteiger partial charge in [0.2, 0.25) is 0 Å². The summed E-state index contributed by atoms with van der Waals surface area (Å²) in [6.07, 6.45) is 0. The van der Waals surface area contributed by atoms with Crippen LogP contribution in [0.3, 0.4) is 0 Å². The number of para-hydroxylation sites is 4. The van der Waals surface area contributed by atoms with E-state index in [0.717, 1.165) is 27.6 Å². The van der Waals surface area contributed by atoms with E-state index in [-0.39, 0.29) is 0 Å². The Morgan fingerprint density at radius 2 is 0.800 bits per heavy atom. The second kappa shape index (κ2) is 9.22. The zero-order valence-corrected chi connectivity index (χ0v) is 24.3. The van der Waals surface area contributed by atoms with Gasteiger partial charge in [0, 0.05) is 43.7 Å². The zero-order valence-electron chi connectivity index (χ0n) is 24.3. The molecule has 7 aromatic carbocycles. The topological polar surface area (TPSA) is 23.0 Å². The molecule has 0 atom stereocenters. The van der Waals surface area contributed by atoms with Gasteiger partial charge < -0.3 is 13.6 Å². The third kappa shape index (κ3) is 3.52. The molecule has 0 aliphatic heterocycles. The minimum atomic E-state index is 0.902. The predicted molar refractivity (Wildman–Crippen MR) is 188 cm³/mol. The highest BCUT2D eigenvalue weighted by Gasteiger charge is 2.17. The third-order valence-corrected chi connectivity index (χ3v) is 9.30. The number of furan rings is 1. The van der Waals surface area contributed by atoms with Gasteiger partial charge in [0.25, 0.3) is 0 Å². The summed E-state index contributed by atoms with van der Waals surface area (Å²) < 4.78 is 11.2. The first-order chi connectivity index (χ1) is 22.3. The highest BCUT2D eigenvalue weighted by atomic mass is 16.3. The van der Waals surface area contributed by atoms with Crippen LogP contribution < -0.4 is 0 Å². The van der Waals surface area contributed by atoms with E-state index in [4.69, 9.17) is 4.42 Å². The molecule has 3 nitrogen and oxygen atoms in total. The number of aromatic nitrogens is 2. The lowest BCUT2D eigenvalue weighted by Crippen LogP contribution is -1.92. The Hall–Kier alpha value is -6.06. The third-order valence-electron chi connectivity index (χ3n) is 9.30. The molecule has 0 amide bonds. The average molecular weight is 575 g/mol. The summed E-state index contributed by atoms with van der Waals surface area (Å²) in [4.78, 5) is 0.